The minimum absolute atomic E-state index is 0.0926. The minimum atomic E-state index is -3.40. The van der Waals surface area contributed by atoms with Crippen LogP contribution >= 0.6 is 0 Å². The summed E-state index contributed by atoms with van der Waals surface area (Å²) in [6.45, 7) is 1.74. The number of benzene rings is 2. The van der Waals surface area contributed by atoms with Crippen LogP contribution in [0.2, 0.25) is 0 Å². The third-order valence-corrected chi connectivity index (χ3v) is 5.21. The van der Waals surface area contributed by atoms with E-state index in [0.29, 0.717) is 22.8 Å². The summed E-state index contributed by atoms with van der Waals surface area (Å²) in [6, 6.07) is 13.6. The molecule has 8 heteroatoms. The van der Waals surface area contributed by atoms with Gasteiger partial charge in [-0.15, -0.1) is 0 Å². The molecule has 0 radical (unpaired) electrons. The number of amides is 1. The highest BCUT2D eigenvalue weighted by Gasteiger charge is 2.16. The molecule has 0 aliphatic rings. The molecule has 140 valence electrons. The molecule has 0 aliphatic carbocycles. The quantitative estimate of drug-likeness (QED) is 0.703. The number of aromatic nitrogens is 2. The van der Waals surface area contributed by atoms with Crippen molar-refractivity contribution in [1.29, 1.82) is 0 Å². The predicted octanol–water partition coefficient (Wildman–Crippen LogP) is 3.05. The van der Waals surface area contributed by atoms with Crippen LogP contribution in [0.1, 0.15) is 15.9 Å². The van der Waals surface area contributed by atoms with Crippen molar-refractivity contribution in [3.63, 3.8) is 0 Å². The molecule has 3 rings (SSSR count). The number of anilines is 1. The van der Waals surface area contributed by atoms with Crippen LogP contribution in [0.15, 0.2) is 53.4 Å². The molecule has 1 heterocycles. The summed E-state index contributed by atoms with van der Waals surface area (Å²) in [7, 11) is -1.82. The number of carbonyl (C=O) groups is 1. The second-order valence-electron chi connectivity index (χ2n) is 6.07. The zero-order valence-corrected chi connectivity index (χ0v) is 15.9. The van der Waals surface area contributed by atoms with Gasteiger partial charge >= 0.3 is 0 Å². The molecule has 0 unspecified atom stereocenters. The van der Waals surface area contributed by atoms with Gasteiger partial charge in [-0.05, 0) is 36.8 Å². The Hall–Kier alpha value is -3.13. The molecule has 0 atom stereocenters. The number of H-pyrrole nitrogens is 1. The average Bonchev–Trinajstić information content (AvgIpc) is 3.09. The van der Waals surface area contributed by atoms with E-state index in [2.05, 4.69) is 15.5 Å². The Morgan fingerprint density at radius 3 is 2.59 bits per heavy atom. The molecule has 0 spiro atoms. The van der Waals surface area contributed by atoms with Crippen molar-refractivity contribution in [1.82, 2.24) is 10.2 Å². The molecular weight excluding hydrogens is 366 g/mol. The number of nitrogens with zero attached hydrogens (tertiary/aromatic N) is 1. The Bertz CT molecular complexity index is 1100. The number of methoxy groups -OCH3 is 1. The third-order valence-electron chi connectivity index (χ3n) is 4.10. The summed E-state index contributed by atoms with van der Waals surface area (Å²) in [6.07, 6.45) is 1.10. The van der Waals surface area contributed by atoms with Gasteiger partial charge in [0.25, 0.3) is 5.91 Å². The number of hydrogen-bond donors (Lipinski definition) is 2. The van der Waals surface area contributed by atoms with E-state index in [0.717, 1.165) is 11.8 Å². The van der Waals surface area contributed by atoms with Gasteiger partial charge in [0.2, 0.25) is 0 Å². The lowest BCUT2D eigenvalue weighted by molar-refractivity contribution is 0.102. The Labute approximate surface area is 157 Å². The van der Waals surface area contributed by atoms with Crippen molar-refractivity contribution >= 4 is 21.6 Å². The Kier molecular flexibility index (Phi) is 5.00. The Morgan fingerprint density at radius 1 is 1.15 bits per heavy atom. The lowest BCUT2D eigenvalue weighted by atomic mass is 10.1. The maximum Gasteiger partial charge on any atom is 0.257 e. The van der Waals surface area contributed by atoms with Crippen LogP contribution < -0.4 is 10.1 Å². The monoisotopic (exact) mass is 385 g/mol. The van der Waals surface area contributed by atoms with E-state index in [1.165, 1.54) is 12.1 Å². The number of para-hydroxylation sites is 1. The molecule has 1 aromatic heterocycles. The van der Waals surface area contributed by atoms with E-state index in [9.17, 15) is 13.2 Å². The first-order chi connectivity index (χ1) is 12.8. The Balaban J connectivity index is 1.87. The molecule has 0 aliphatic heterocycles. The molecule has 0 saturated carbocycles. The van der Waals surface area contributed by atoms with Crippen LogP contribution in [0, 0.1) is 6.92 Å². The largest absolute Gasteiger partial charge is 0.496 e. The maximum atomic E-state index is 12.6. The molecule has 3 aromatic rings. The van der Waals surface area contributed by atoms with Gasteiger partial charge < -0.3 is 10.1 Å². The number of carbonyl (C=O) groups excluding carboxylic acids is 1. The van der Waals surface area contributed by atoms with Gasteiger partial charge in [-0.25, -0.2) is 8.42 Å². The lowest BCUT2D eigenvalue weighted by Crippen LogP contribution is -2.14. The first-order valence-electron chi connectivity index (χ1n) is 8.10. The summed E-state index contributed by atoms with van der Waals surface area (Å²) >= 11 is 0. The summed E-state index contributed by atoms with van der Waals surface area (Å²) in [4.78, 5) is 12.7. The number of aromatic amines is 1. The first-order valence-corrected chi connectivity index (χ1v) is 9.99. The second kappa shape index (κ2) is 7.24. The van der Waals surface area contributed by atoms with E-state index in [4.69, 9.17) is 4.74 Å². The standard InChI is InChI=1S/C19H19N3O4S/c1-12-8-9-13(27(3,24)25)10-15(12)19(23)20-18-11-16(21-22-18)14-6-4-5-7-17(14)26-2/h4-11H,1-3H3,(H2,20,21,22,23). The topological polar surface area (TPSA) is 101 Å². The van der Waals surface area contributed by atoms with E-state index in [1.54, 1.807) is 26.2 Å². The van der Waals surface area contributed by atoms with Crippen molar-refractivity contribution in [3.05, 3.63) is 59.7 Å². The van der Waals surface area contributed by atoms with Crippen molar-refractivity contribution in [2.45, 2.75) is 11.8 Å². The molecular formula is C19H19N3O4S. The molecule has 1 amide bonds. The fourth-order valence-electron chi connectivity index (χ4n) is 2.65. The zero-order chi connectivity index (χ0) is 19.6. The molecule has 2 N–H and O–H groups in total. The highest BCUT2D eigenvalue weighted by Crippen LogP contribution is 2.29. The van der Waals surface area contributed by atoms with Crippen molar-refractivity contribution in [2.75, 3.05) is 18.7 Å². The smallest absolute Gasteiger partial charge is 0.257 e. The number of nitrogens with one attached hydrogen (secondary N) is 2. The van der Waals surface area contributed by atoms with Crippen molar-refractivity contribution in [2.24, 2.45) is 0 Å². The van der Waals surface area contributed by atoms with Gasteiger partial charge in [-0.1, -0.05) is 18.2 Å². The third kappa shape index (κ3) is 4.01. The number of rotatable bonds is 5. The first kappa shape index (κ1) is 18.7. The van der Waals surface area contributed by atoms with Crippen LogP contribution in [0.25, 0.3) is 11.3 Å². The number of hydrogen-bond acceptors (Lipinski definition) is 5. The second-order valence-corrected chi connectivity index (χ2v) is 8.09. The summed E-state index contributed by atoms with van der Waals surface area (Å²) in [5, 5.41) is 9.66. The fraction of sp³-hybridized carbons (Fsp3) is 0.158. The number of sulfone groups is 1. The number of aryl methyl sites for hydroxylation is 1. The van der Waals surface area contributed by atoms with Gasteiger partial charge in [0.05, 0.1) is 17.7 Å². The van der Waals surface area contributed by atoms with Gasteiger partial charge in [0.15, 0.2) is 15.7 Å². The van der Waals surface area contributed by atoms with Gasteiger partial charge in [0, 0.05) is 23.4 Å². The van der Waals surface area contributed by atoms with Crippen LogP contribution in [-0.2, 0) is 9.84 Å². The highest BCUT2D eigenvalue weighted by atomic mass is 32.2. The van der Waals surface area contributed by atoms with Crippen LogP contribution in [0.5, 0.6) is 5.75 Å². The normalized spacial score (nSPS) is 11.2. The maximum absolute atomic E-state index is 12.6. The fourth-order valence-corrected chi connectivity index (χ4v) is 3.30. The summed E-state index contributed by atoms with van der Waals surface area (Å²) in [5.74, 6) is 0.567. The van der Waals surface area contributed by atoms with Crippen molar-refractivity contribution < 1.29 is 17.9 Å². The van der Waals surface area contributed by atoms with Crippen molar-refractivity contribution in [3.8, 4) is 17.0 Å². The minimum Gasteiger partial charge on any atom is -0.496 e. The summed E-state index contributed by atoms with van der Waals surface area (Å²) in [5.41, 5.74) is 2.44. The Morgan fingerprint density at radius 2 is 1.89 bits per heavy atom. The van der Waals surface area contributed by atoms with Crippen LogP contribution in [-0.4, -0.2) is 37.9 Å². The lowest BCUT2D eigenvalue weighted by Gasteiger charge is -2.07. The summed E-state index contributed by atoms with van der Waals surface area (Å²) < 4.78 is 28.8. The molecule has 7 nitrogen and oxygen atoms in total. The van der Waals surface area contributed by atoms with E-state index in [-0.39, 0.29) is 10.5 Å². The average molecular weight is 385 g/mol. The van der Waals surface area contributed by atoms with E-state index < -0.39 is 15.7 Å². The number of ether oxygens (including phenoxy) is 1. The SMILES string of the molecule is COc1ccccc1-c1cc(NC(=O)c2cc(S(C)(=O)=O)ccc2C)n[nH]1. The van der Waals surface area contributed by atoms with Crippen LogP contribution in [0.4, 0.5) is 5.82 Å². The van der Waals surface area contributed by atoms with Gasteiger partial charge in [0.1, 0.15) is 5.75 Å². The molecule has 0 saturated heterocycles. The van der Waals surface area contributed by atoms with Gasteiger partial charge in [-0.2, -0.15) is 5.10 Å². The molecule has 0 fully saturated rings. The van der Waals surface area contributed by atoms with Gasteiger partial charge in [-0.3, -0.25) is 9.89 Å². The van der Waals surface area contributed by atoms with E-state index in [1.807, 2.05) is 24.3 Å². The molecule has 27 heavy (non-hydrogen) atoms. The highest BCUT2D eigenvalue weighted by molar-refractivity contribution is 7.90. The van der Waals surface area contributed by atoms with Crippen LogP contribution in [0.3, 0.4) is 0 Å². The molecule has 0 bridgehead atoms. The predicted molar refractivity (Wildman–Crippen MR) is 103 cm³/mol. The van der Waals surface area contributed by atoms with E-state index >= 15 is 0 Å². The zero-order valence-electron chi connectivity index (χ0n) is 15.1. The molecule has 2 aromatic carbocycles.